The van der Waals surface area contributed by atoms with Crippen LogP contribution in [0, 0.1) is 0 Å². The molecular formula is C26H23N. The zero-order valence-electron chi connectivity index (χ0n) is 15.8. The number of hydrogen-bond donors (Lipinski definition) is 0. The Hall–Kier alpha value is -3.06. The molecule has 0 fully saturated rings. The van der Waals surface area contributed by atoms with Crippen LogP contribution in [0.3, 0.4) is 0 Å². The second kappa shape index (κ2) is 6.28. The van der Waals surface area contributed by atoms with Gasteiger partial charge in [-0.3, -0.25) is 0 Å². The molecular weight excluding hydrogens is 326 g/mol. The molecule has 1 nitrogen and oxygen atoms in total. The van der Waals surface area contributed by atoms with E-state index in [2.05, 4.69) is 104 Å². The normalized spacial score (nSPS) is 16.1. The third-order valence-electron chi connectivity index (χ3n) is 5.88. The van der Waals surface area contributed by atoms with E-state index in [1.54, 1.807) is 0 Å². The second-order valence-electron chi connectivity index (χ2n) is 7.35. The highest BCUT2D eigenvalue weighted by atomic mass is 14.9. The molecule has 1 aliphatic rings. The number of benzene rings is 3. The highest BCUT2D eigenvalue weighted by Gasteiger charge is 2.33. The van der Waals surface area contributed by atoms with Crippen LogP contribution in [0.1, 0.15) is 41.5 Å². The molecule has 1 aliphatic carbocycles. The van der Waals surface area contributed by atoms with E-state index in [9.17, 15) is 0 Å². The van der Waals surface area contributed by atoms with Crippen LogP contribution in [0.15, 0.2) is 85.1 Å². The van der Waals surface area contributed by atoms with Crippen molar-refractivity contribution in [2.24, 2.45) is 7.05 Å². The molecule has 5 rings (SSSR count). The Morgan fingerprint density at radius 2 is 1.48 bits per heavy atom. The van der Waals surface area contributed by atoms with Crippen molar-refractivity contribution in [1.82, 2.24) is 4.57 Å². The van der Waals surface area contributed by atoms with Gasteiger partial charge in [-0.15, -0.1) is 0 Å². The fraction of sp³-hybridized carbons (Fsp3) is 0.154. The van der Waals surface area contributed by atoms with E-state index in [0.29, 0.717) is 5.92 Å². The van der Waals surface area contributed by atoms with Gasteiger partial charge in [-0.25, -0.2) is 0 Å². The highest BCUT2D eigenvalue weighted by Crippen LogP contribution is 2.52. The van der Waals surface area contributed by atoms with Crippen molar-refractivity contribution < 1.29 is 0 Å². The summed E-state index contributed by atoms with van der Waals surface area (Å²) in [6.45, 7) is 2.28. The molecule has 1 aromatic heterocycles. The van der Waals surface area contributed by atoms with Crippen molar-refractivity contribution in [2.75, 3.05) is 0 Å². The van der Waals surface area contributed by atoms with Crippen LogP contribution in [0.4, 0.5) is 0 Å². The van der Waals surface area contributed by atoms with Gasteiger partial charge in [0.2, 0.25) is 0 Å². The van der Waals surface area contributed by atoms with E-state index in [0.717, 1.165) is 6.42 Å². The number of fused-ring (bicyclic) bond motifs is 2. The summed E-state index contributed by atoms with van der Waals surface area (Å²) in [5.41, 5.74) is 9.84. The molecule has 3 aromatic carbocycles. The van der Waals surface area contributed by atoms with Crippen LogP contribution >= 0.6 is 0 Å². The third-order valence-corrected chi connectivity index (χ3v) is 5.88. The molecule has 0 saturated heterocycles. The zero-order chi connectivity index (χ0) is 18.4. The van der Waals surface area contributed by atoms with Crippen molar-refractivity contribution in [3.8, 4) is 0 Å². The summed E-state index contributed by atoms with van der Waals surface area (Å²) in [6.07, 6.45) is 3.36. The first-order chi connectivity index (χ1) is 13.3. The van der Waals surface area contributed by atoms with E-state index in [1.165, 1.54) is 44.3 Å². The van der Waals surface area contributed by atoms with Gasteiger partial charge in [0, 0.05) is 35.6 Å². The number of nitrogens with zero attached hydrogens (tertiary/aromatic N) is 1. The van der Waals surface area contributed by atoms with E-state index >= 15 is 0 Å². The summed E-state index contributed by atoms with van der Waals surface area (Å²) in [5.74, 6) is 0.295. The molecule has 1 heteroatoms. The Morgan fingerprint density at radius 3 is 2.30 bits per heavy atom. The summed E-state index contributed by atoms with van der Waals surface area (Å²) >= 11 is 0. The number of rotatable bonds is 3. The molecule has 132 valence electrons. The summed E-state index contributed by atoms with van der Waals surface area (Å²) in [6, 6.07) is 28.6. The minimum atomic E-state index is 0.295. The third kappa shape index (κ3) is 2.39. The molecule has 27 heavy (non-hydrogen) atoms. The Kier molecular flexibility index (Phi) is 3.75. The smallest absolute Gasteiger partial charge is 0.0484 e. The predicted molar refractivity (Wildman–Crippen MR) is 115 cm³/mol. The van der Waals surface area contributed by atoms with E-state index in [-0.39, 0.29) is 0 Å². The van der Waals surface area contributed by atoms with Gasteiger partial charge in [0.1, 0.15) is 0 Å². The first kappa shape index (κ1) is 16.1. The molecule has 1 unspecified atom stereocenters. The molecule has 0 bridgehead atoms. The number of hydrogen-bond acceptors (Lipinski definition) is 0. The lowest BCUT2D eigenvalue weighted by Gasteiger charge is -2.18. The second-order valence-corrected chi connectivity index (χ2v) is 7.35. The Labute approximate surface area is 160 Å². The number of aryl methyl sites for hydroxylation is 1. The summed E-state index contributed by atoms with van der Waals surface area (Å²) in [5, 5.41) is 1.34. The topological polar surface area (TPSA) is 4.93 Å². The fourth-order valence-corrected chi connectivity index (χ4v) is 4.75. The average Bonchev–Trinajstić information content (AvgIpc) is 3.23. The van der Waals surface area contributed by atoms with Crippen LogP contribution in [0.5, 0.6) is 0 Å². The summed E-state index contributed by atoms with van der Waals surface area (Å²) in [7, 11) is 2.15. The van der Waals surface area contributed by atoms with Crippen molar-refractivity contribution >= 4 is 22.0 Å². The quantitative estimate of drug-likeness (QED) is 0.390. The Bertz CT molecular complexity index is 1160. The highest BCUT2D eigenvalue weighted by molar-refractivity contribution is 6.07. The zero-order valence-corrected chi connectivity index (χ0v) is 15.8. The van der Waals surface area contributed by atoms with Crippen LogP contribution in [0.2, 0.25) is 0 Å². The first-order valence-electron chi connectivity index (χ1n) is 9.71. The molecule has 1 heterocycles. The molecule has 0 radical (unpaired) electrons. The van der Waals surface area contributed by atoms with Gasteiger partial charge >= 0.3 is 0 Å². The van der Waals surface area contributed by atoms with Crippen LogP contribution < -0.4 is 0 Å². The van der Waals surface area contributed by atoms with E-state index < -0.39 is 0 Å². The standard InChI is InChI=1S/C26H23N/c1-3-19-20-13-7-8-15-22(20)25(18-11-5-4-6-12-18)26(19)23-17-27(2)24-16-10-9-14-21(23)24/h4-17,25H,3H2,1-2H3. The molecule has 0 spiro atoms. The van der Waals surface area contributed by atoms with Gasteiger partial charge in [0.05, 0.1) is 0 Å². The van der Waals surface area contributed by atoms with Crippen LogP contribution in [-0.4, -0.2) is 4.57 Å². The molecule has 0 amide bonds. The van der Waals surface area contributed by atoms with Gasteiger partial charge in [-0.2, -0.15) is 0 Å². The lowest BCUT2D eigenvalue weighted by molar-refractivity contribution is 0.964. The van der Waals surface area contributed by atoms with Gasteiger partial charge in [-0.1, -0.05) is 79.7 Å². The van der Waals surface area contributed by atoms with Gasteiger partial charge in [0.15, 0.2) is 0 Å². The van der Waals surface area contributed by atoms with Crippen molar-refractivity contribution in [2.45, 2.75) is 19.3 Å². The van der Waals surface area contributed by atoms with Crippen molar-refractivity contribution in [1.29, 1.82) is 0 Å². The Morgan fingerprint density at radius 1 is 0.778 bits per heavy atom. The SMILES string of the molecule is CCC1=C(c2cn(C)c3ccccc23)C(c2ccccc2)c2ccccc21. The monoisotopic (exact) mass is 349 g/mol. The molecule has 0 aliphatic heterocycles. The molecule has 0 saturated carbocycles. The lowest BCUT2D eigenvalue weighted by Crippen LogP contribution is -2.01. The Balaban J connectivity index is 1.85. The fourth-order valence-electron chi connectivity index (χ4n) is 4.75. The number of allylic oxidation sites excluding steroid dienone is 2. The van der Waals surface area contributed by atoms with Crippen molar-refractivity contribution in [3.63, 3.8) is 0 Å². The van der Waals surface area contributed by atoms with Gasteiger partial charge < -0.3 is 4.57 Å². The average molecular weight is 349 g/mol. The molecule has 1 atom stereocenters. The lowest BCUT2D eigenvalue weighted by atomic mass is 9.85. The van der Waals surface area contributed by atoms with Gasteiger partial charge in [-0.05, 0) is 40.3 Å². The van der Waals surface area contributed by atoms with Gasteiger partial charge in [0.25, 0.3) is 0 Å². The minimum absolute atomic E-state index is 0.295. The molecule has 0 N–H and O–H groups in total. The maximum absolute atomic E-state index is 2.32. The predicted octanol–water partition coefficient (Wildman–Crippen LogP) is 6.64. The maximum atomic E-state index is 2.32. The summed E-state index contributed by atoms with van der Waals surface area (Å²) < 4.78 is 2.26. The number of para-hydroxylation sites is 1. The van der Waals surface area contributed by atoms with Crippen LogP contribution in [0.25, 0.3) is 22.0 Å². The van der Waals surface area contributed by atoms with Crippen molar-refractivity contribution in [3.05, 3.63) is 107 Å². The number of aromatic nitrogens is 1. The van der Waals surface area contributed by atoms with E-state index in [1.807, 2.05) is 0 Å². The van der Waals surface area contributed by atoms with Crippen LogP contribution in [-0.2, 0) is 7.05 Å². The largest absolute Gasteiger partial charge is 0.350 e. The first-order valence-corrected chi connectivity index (χ1v) is 9.71. The maximum Gasteiger partial charge on any atom is 0.0484 e. The van der Waals surface area contributed by atoms with E-state index in [4.69, 9.17) is 0 Å². The molecule has 4 aromatic rings. The summed E-state index contributed by atoms with van der Waals surface area (Å²) in [4.78, 5) is 0. The minimum Gasteiger partial charge on any atom is -0.350 e.